The zero-order valence-electron chi connectivity index (χ0n) is 17.9. The van der Waals surface area contributed by atoms with Crippen LogP contribution in [0.2, 0.25) is 0 Å². The third-order valence-electron chi connectivity index (χ3n) is 5.35. The summed E-state index contributed by atoms with van der Waals surface area (Å²) in [7, 11) is 0. The molecule has 1 amide bonds. The Bertz CT molecular complexity index is 1010. The van der Waals surface area contributed by atoms with Crippen LogP contribution in [0, 0.1) is 13.8 Å². The van der Waals surface area contributed by atoms with Crippen LogP contribution in [0.1, 0.15) is 47.4 Å². The van der Waals surface area contributed by atoms with Gasteiger partial charge >= 0.3 is 6.01 Å². The van der Waals surface area contributed by atoms with E-state index in [-0.39, 0.29) is 18.1 Å². The summed E-state index contributed by atoms with van der Waals surface area (Å²) in [6, 6.07) is 19.3. The van der Waals surface area contributed by atoms with Gasteiger partial charge in [0.25, 0.3) is 5.91 Å². The summed E-state index contributed by atoms with van der Waals surface area (Å²) in [6.07, 6.45) is 3.47. The summed E-state index contributed by atoms with van der Waals surface area (Å²) in [5, 5.41) is 3.16. The number of aryl methyl sites for hydroxylation is 2. The van der Waals surface area contributed by atoms with Gasteiger partial charge in [0.1, 0.15) is 17.6 Å². The first-order chi connectivity index (χ1) is 15.1. The average Bonchev–Trinajstić information content (AvgIpc) is 2.75. The van der Waals surface area contributed by atoms with Gasteiger partial charge in [0.15, 0.2) is 0 Å². The fourth-order valence-corrected chi connectivity index (χ4v) is 3.84. The van der Waals surface area contributed by atoms with Crippen LogP contribution in [0.3, 0.4) is 0 Å². The maximum absolute atomic E-state index is 12.9. The molecule has 6 heteroatoms. The van der Waals surface area contributed by atoms with Crippen LogP contribution in [0.15, 0.2) is 60.7 Å². The lowest BCUT2D eigenvalue weighted by Gasteiger charge is -2.29. The molecular weight excluding hydrogens is 390 g/mol. The fraction of sp³-hybridized carbons (Fsp3) is 0.320. The minimum atomic E-state index is -0.117. The molecule has 1 heterocycles. The van der Waals surface area contributed by atoms with Gasteiger partial charge < -0.3 is 14.8 Å². The van der Waals surface area contributed by atoms with E-state index in [9.17, 15) is 4.79 Å². The maximum Gasteiger partial charge on any atom is 0.317 e. The number of carbonyl (C=O) groups is 1. The lowest BCUT2D eigenvalue weighted by molar-refractivity contribution is 0.0882. The van der Waals surface area contributed by atoms with E-state index in [1.54, 1.807) is 6.07 Å². The second-order valence-corrected chi connectivity index (χ2v) is 7.91. The van der Waals surface area contributed by atoms with E-state index >= 15 is 0 Å². The summed E-state index contributed by atoms with van der Waals surface area (Å²) < 4.78 is 11.9. The van der Waals surface area contributed by atoms with E-state index in [1.165, 1.54) is 0 Å². The highest BCUT2D eigenvalue weighted by molar-refractivity contribution is 5.97. The molecule has 0 aliphatic heterocycles. The molecule has 0 radical (unpaired) electrons. The zero-order chi connectivity index (χ0) is 21.6. The lowest BCUT2D eigenvalue weighted by atomic mass is 9.92. The molecular formula is C25H27N3O3. The van der Waals surface area contributed by atoms with Gasteiger partial charge in [-0.15, -0.1) is 0 Å². The quantitative estimate of drug-likeness (QED) is 0.611. The zero-order valence-corrected chi connectivity index (χ0v) is 17.9. The van der Waals surface area contributed by atoms with Gasteiger partial charge in [0, 0.05) is 17.4 Å². The number of nitrogens with one attached hydrogen (secondary N) is 1. The summed E-state index contributed by atoms with van der Waals surface area (Å²) in [4.78, 5) is 21.7. The summed E-state index contributed by atoms with van der Waals surface area (Å²) in [5.74, 6) is 1.14. The Kier molecular flexibility index (Phi) is 6.46. The van der Waals surface area contributed by atoms with Crippen molar-refractivity contribution in [1.82, 2.24) is 15.3 Å². The van der Waals surface area contributed by atoms with Gasteiger partial charge in [-0.25, -0.2) is 9.97 Å². The maximum atomic E-state index is 12.9. The predicted molar refractivity (Wildman–Crippen MR) is 119 cm³/mol. The number of nitrogens with zero attached hydrogens (tertiary/aromatic N) is 2. The molecule has 0 saturated heterocycles. The molecule has 0 bridgehead atoms. The van der Waals surface area contributed by atoms with Crippen LogP contribution in [0.4, 0.5) is 0 Å². The molecule has 0 atom stereocenters. The monoisotopic (exact) mass is 417 g/mol. The van der Waals surface area contributed by atoms with Crippen molar-refractivity contribution in [3.8, 4) is 17.5 Å². The Morgan fingerprint density at radius 3 is 2.26 bits per heavy atom. The standard InChI is InChI=1S/C25H27N3O3/c1-17-16-18(2)27-25(26-17)31-21-14-12-19(13-15-21)28-24(29)22-10-6-7-11-23(22)30-20-8-4-3-5-9-20/h3-11,16,19,21H,12-15H2,1-2H3,(H,28,29). The second kappa shape index (κ2) is 9.60. The summed E-state index contributed by atoms with van der Waals surface area (Å²) in [6.45, 7) is 3.88. The van der Waals surface area contributed by atoms with Gasteiger partial charge in [-0.3, -0.25) is 4.79 Å². The Hall–Kier alpha value is -3.41. The van der Waals surface area contributed by atoms with E-state index in [0.29, 0.717) is 23.1 Å². The molecule has 1 fully saturated rings. The van der Waals surface area contributed by atoms with E-state index in [1.807, 2.05) is 68.4 Å². The van der Waals surface area contributed by atoms with Crippen molar-refractivity contribution in [2.45, 2.75) is 51.7 Å². The predicted octanol–water partition coefficient (Wildman–Crippen LogP) is 5.01. The first kappa shape index (κ1) is 20.8. The largest absolute Gasteiger partial charge is 0.460 e. The highest BCUT2D eigenvalue weighted by atomic mass is 16.5. The molecule has 31 heavy (non-hydrogen) atoms. The minimum absolute atomic E-state index is 0.0723. The number of amides is 1. The van der Waals surface area contributed by atoms with Gasteiger partial charge in [0.2, 0.25) is 0 Å². The van der Waals surface area contributed by atoms with Crippen molar-refractivity contribution in [3.05, 3.63) is 77.6 Å². The van der Waals surface area contributed by atoms with E-state index in [4.69, 9.17) is 9.47 Å². The smallest absolute Gasteiger partial charge is 0.317 e. The van der Waals surface area contributed by atoms with Crippen molar-refractivity contribution in [2.24, 2.45) is 0 Å². The number of aromatic nitrogens is 2. The number of benzene rings is 2. The topological polar surface area (TPSA) is 73.3 Å². The number of hydrogen-bond donors (Lipinski definition) is 1. The second-order valence-electron chi connectivity index (χ2n) is 7.91. The van der Waals surface area contributed by atoms with Crippen LogP contribution < -0.4 is 14.8 Å². The van der Waals surface area contributed by atoms with E-state index < -0.39 is 0 Å². The molecule has 160 valence electrons. The van der Waals surface area contributed by atoms with Crippen molar-refractivity contribution in [2.75, 3.05) is 0 Å². The number of carbonyl (C=O) groups excluding carboxylic acids is 1. The first-order valence-corrected chi connectivity index (χ1v) is 10.7. The van der Waals surface area contributed by atoms with Crippen LogP contribution in [0.5, 0.6) is 17.5 Å². The van der Waals surface area contributed by atoms with Crippen molar-refractivity contribution in [3.63, 3.8) is 0 Å². The highest BCUT2D eigenvalue weighted by Gasteiger charge is 2.25. The van der Waals surface area contributed by atoms with Crippen LogP contribution in [-0.2, 0) is 0 Å². The summed E-state index contributed by atoms with van der Waals surface area (Å²) >= 11 is 0. The Labute approximate surface area is 182 Å². The summed E-state index contributed by atoms with van der Waals surface area (Å²) in [5.41, 5.74) is 2.34. The average molecular weight is 418 g/mol. The number of rotatable bonds is 6. The normalized spacial score (nSPS) is 18.3. The number of ether oxygens (including phenoxy) is 2. The van der Waals surface area contributed by atoms with Crippen LogP contribution in [0.25, 0.3) is 0 Å². The third-order valence-corrected chi connectivity index (χ3v) is 5.35. The fourth-order valence-electron chi connectivity index (χ4n) is 3.84. The van der Waals surface area contributed by atoms with Gasteiger partial charge in [-0.1, -0.05) is 30.3 Å². The molecule has 1 aliphatic rings. The van der Waals surface area contributed by atoms with Gasteiger partial charge in [-0.2, -0.15) is 0 Å². The Morgan fingerprint density at radius 2 is 1.55 bits per heavy atom. The minimum Gasteiger partial charge on any atom is -0.460 e. The van der Waals surface area contributed by atoms with Crippen LogP contribution >= 0.6 is 0 Å². The van der Waals surface area contributed by atoms with Crippen LogP contribution in [-0.4, -0.2) is 28.0 Å². The van der Waals surface area contributed by atoms with Crippen molar-refractivity contribution >= 4 is 5.91 Å². The Morgan fingerprint density at radius 1 is 0.903 bits per heavy atom. The number of para-hydroxylation sites is 2. The molecule has 0 spiro atoms. The third kappa shape index (κ3) is 5.60. The molecule has 1 saturated carbocycles. The molecule has 1 aliphatic carbocycles. The lowest BCUT2D eigenvalue weighted by Crippen LogP contribution is -2.39. The SMILES string of the molecule is Cc1cc(C)nc(OC2CCC(NC(=O)c3ccccc3Oc3ccccc3)CC2)n1. The molecule has 0 unspecified atom stereocenters. The molecule has 3 aromatic rings. The number of hydrogen-bond acceptors (Lipinski definition) is 5. The molecule has 4 rings (SSSR count). The molecule has 1 N–H and O–H groups in total. The molecule has 1 aromatic heterocycles. The van der Waals surface area contributed by atoms with E-state index in [2.05, 4.69) is 15.3 Å². The Balaban J connectivity index is 1.33. The van der Waals surface area contributed by atoms with Crippen molar-refractivity contribution in [1.29, 1.82) is 0 Å². The first-order valence-electron chi connectivity index (χ1n) is 10.7. The molecule has 2 aromatic carbocycles. The van der Waals surface area contributed by atoms with Gasteiger partial charge in [-0.05, 0) is 69.9 Å². The van der Waals surface area contributed by atoms with E-state index in [0.717, 1.165) is 37.1 Å². The highest BCUT2D eigenvalue weighted by Crippen LogP contribution is 2.27. The van der Waals surface area contributed by atoms with Gasteiger partial charge in [0.05, 0.1) is 5.56 Å². The van der Waals surface area contributed by atoms with Crippen molar-refractivity contribution < 1.29 is 14.3 Å². The molecule has 6 nitrogen and oxygen atoms in total.